The molecule has 8 heavy (non-hydrogen) atoms. The van der Waals surface area contributed by atoms with Crippen LogP contribution in [0.2, 0.25) is 0 Å². The van der Waals surface area contributed by atoms with Crippen molar-refractivity contribution in [3.05, 3.63) is 0 Å². The molecule has 0 aliphatic carbocycles. The van der Waals surface area contributed by atoms with E-state index in [0.717, 1.165) is 11.2 Å². The van der Waals surface area contributed by atoms with E-state index in [1.165, 1.54) is 10.8 Å². The van der Waals surface area contributed by atoms with Crippen molar-refractivity contribution in [3.63, 3.8) is 0 Å². The molecule has 0 spiro atoms. The van der Waals surface area contributed by atoms with Gasteiger partial charge in [-0.25, -0.2) is 0 Å². The Bertz CT molecular complexity index is 72.6. The first kappa shape index (κ1) is 6.81. The molecule has 1 aliphatic rings. The summed E-state index contributed by atoms with van der Waals surface area (Å²) in [6.07, 6.45) is 1.32. The number of ether oxygens (including phenoxy) is 1. The van der Waals surface area contributed by atoms with Crippen LogP contribution < -0.4 is 18.4 Å². The van der Waals surface area contributed by atoms with Gasteiger partial charge in [0, 0.05) is 0 Å². The molecule has 1 nitrogen and oxygen atoms in total. The zero-order valence-electron chi connectivity index (χ0n) is 5.61. The first-order chi connectivity index (χ1) is 3.71. The number of alkyl halides is 4. The molecule has 1 rings (SSSR count). The van der Waals surface area contributed by atoms with Crippen LogP contribution in [0.1, 0.15) is 6.42 Å². The molecule has 1 fully saturated rings. The molecule has 1 heterocycles. The van der Waals surface area contributed by atoms with Gasteiger partial charge in [0.05, 0.1) is 0 Å². The second-order valence-corrected chi connectivity index (χ2v) is 13.7. The fraction of sp³-hybridized carbons (Fsp3) is 1.00. The van der Waals surface area contributed by atoms with Crippen molar-refractivity contribution >= 4 is 0 Å². The predicted molar refractivity (Wildman–Crippen MR) is 32.2 cm³/mol. The summed E-state index contributed by atoms with van der Waals surface area (Å²) >= 11 is -1.19. The summed E-state index contributed by atoms with van der Waals surface area (Å²) in [5.41, 5.74) is 0. The van der Waals surface area contributed by atoms with Crippen LogP contribution in [-0.2, 0) is 4.74 Å². The quantitative estimate of drug-likeness (QED) is 0.338. The first-order valence-corrected chi connectivity index (χ1v) is 10.2. The molecule has 0 aromatic carbocycles. The van der Waals surface area contributed by atoms with Crippen LogP contribution in [0.25, 0.3) is 0 Å². The molecule has 52 valence electrons. The van der Waals surface area contributed by atoms with Gasteiger partial charge in [-0.3, -0.25) is 0 Å². The predicted octanol–water partition coefficient (Wildman–Crippen LogP) is -2.22. The van der Waals surface area contributed by atoms with E-state index >= 15 is 0 Å². The third-order valence-corrected chi connectivity index (χ3v) is 7.12. The van der Waals surface area contributed by atoms with Gasteiger partial charge >= 0.3 is 55.1 Å². The Balaban J connectivity index is 2.33. The number of halogens is 1. The van der Waals surface area contributed by atoms with Gasteiger partial charge in [0.25, 0.3) is 0 Å². The van der Waals surface area contributed by atoms with Gasteiger partial charge in [0.15, 0.2) is 0 Å². The van der Waals surface area contributed by atoms with Gasteiger partial charge in [0.1, 0.15) is 0 Å². The van der Waals surface area contributed by atoms with Crippen LogP contribution in [0.15, 0.2) is 0 Å². The monoisotopic (exact) mass is 229 g/mol. The second-order valence-electron chi connectivity index (χ2n) is 2.70. The molecule has 0 aromatic rings. The molecule has 0 radical (unpaired) electrons. The fourth-order valence-electron chi connectivity index (χ4n) is 0.836. The van der Waals surface area contributed by atoms with Crippen molar-refractivity contribution in [3.8, 4) is 0 Å². The van der Waals surface area contributed by atoms with Crippen molar-refractivity contribution < 1.29 is 23.2 Å². The Morgan fingerprint density at radius 3 is 2.38 bits per heavy atom. The van der Waals surface area contributed by atoms with E-state index in [2.05, 4.69) is 9.86 Å². The van der Waals surface area contributed by atoms with Crippen molar-refractivity contribution in [1.82, 2.24) is 0 Å². The number of hydrogen-bond acceptors (Lipinski definition) is 1. The van der Waals surface area contributed by atoms with Crippen molar-refractivity contribution in [2.45, 2.75) is 6.42 Å². The maximum atomic E-state index is 5.36. The molecule has 1 saturated heterocycles. The zero-order valence-corrected chi connectivity index (χ0v) is 7.77. The minimum atomic E-state index is -1.19. The van der Waals surface area contributed by atoms with Crippen LogP contribution in [0, 0.1) is 0 Å². The molecule has 0 bridgehead atoms. The van der Waals surface area contributed by atoms with E-state index < -0.39 is 18.4 Å². The summed E-state index contributed by atoms with van der Waals surface area (Å²) in [7, 11) is 0. The molecule has 0 atom stereocenters. The summed E-state index contributed by atoms with van der Waals surface area (Å²) in [4.78, 5) is 4.87. The molecule has 0 N–H and O–H groups in total. The summed E-state index contributed by atoms with van der Waals surface area (Å²) in [5, 5.41) is 0. The van der Waals surface area contributed by atoms with E-state index in [0.29, 0.717) is 0 Å². The third kappa shape index (κ3) is 1.90. The van der Waals surface area contributed by atoms with Crippen molar-refractivity contribution in [1.29, 1.82) is 0 Å². The molecule has 0 saturated carbocycles. The molecule has 1 aliphatic heterocycles. The van der Waals surface area contributed by atoms with Gasteiger partial charge in [-0.05, 0) is 0 Å². The van der Waals surface area contributed by atoms with Crippen LogP contribution in [0.3, 0.4) is 0 Å². The zero-order chi connectivity index (χ0) is 6.04. The summed E-state index contributed by atoms with van der Waals surface area (Å²) in [6, 6.07) is 0. The van der Waals surface area contributed by atoms with Crippen LogP contribution in [0.5, 0.6) is 0 Å². The Morgan fingerprint density at radius 1 is 1.38 bits per heavy atom. The van der Waals surface area contributed by atoms with Crippen molar-refractivity contribution in [2.75, 3.05) is 25.5 Å². The third-order valence-electron chi connectivity index (χ3n) is 1.31. The normalized spacial score (nSPS) is 31.8. The van der Waals surface area contributed by atoms with Crippen LogP contribution >= 0.6 is 0 Å². The second kappa shape index (κ2) is 2.52. The average molecular weight is 229 g/mol. The number of rotatable bonds is 0. The molecule has 0 amide bonds. The van der Waals surface area contributed by atoms with Gasteiger partial charge in [-0.2, -0.15) is 0 Å². The van der Waals surface area contributed by atoms with Crippen LogP contribution in [0.4, 0.5) is 0 Å². The van der Waals surface area contributed by atoms with Crippen molar-refractivity contribution in [2.24, 2.45) is 0 Å². The molecular formula is C6H14IO-. The van der Waals surface area contributed by atoms with E-state index in [4.69, 9.17) is 4.74 Å². The Hall–Kier alpha value is 0.690. The van der Waals surface area contributed by atoms with Gasteiger partial charge < -0.3 is 0 Å². The van der Waals surface area contributed by atoms with E-state index in [1.807, 2.05) is 0 Å². The first-order valence-electron chi connectivity index (χ1n) is 2.87. The number of hydrogen-bond donors (Lipinski definition) is 0. The topological polar surface area (TPSA) is 9.23 Å². The Labute approximate surface area is 55.3 Å². The minimum absolute atomic E-state index is 1.02. The van der Waals surface area contributed by atoms with E-state index in [-0.39, 0.29) is 0 Å². The van der Waals surface area contributed by atoms with E-state index in [9.17, 15) is 0 Å². The Kier molecular flexibility index (Phi) is 2.14. The van der Waals surface area contributed by atoms with Gasteiger partial charge in [-0.15, -0.1) is 0 Å². The standard InChI is InChI=1S/C6H14IO/c1-7(2)4-3-5-8-6-7/h3-6H2,1-2H3/q-1. The average Bonchev–Trinajstić information content (AvgIpc) is 1.65. The molecule has 0 aromatic heterocycles. The fourth-order valence-corrected chi connectivity index (χ4v) is 5.03. The van der Waals surface area contributed by atoms with Gasteiger partial charge in [-0.1, -0.05) is 0 Å². The summed E-state index contributed by atoms with van der Waals surface area (Å²) in [5.74, 6) is 0. The molecular weight excluding hydrogens is 215 g/mol. The van der Waals surface area contributed by atoms with E-state index in [1.54, 1.807) is 0 Å². The molecule has 2 heteroatoms. The summed E-state index contributed by atoms with van der Waals surface area (Å²) < 4.78 is 8.00. The molecule has 0 unspecified atom stereocenters. The maximum absolute atomic E-state index is 5.36. The van der Waals surface area contributed by atoms with Crippen LogP contribution in [-0.4, -0.2) is 25.5 Å². The Morgan fingerprint density at radius 2 is 2.12 bits per heavy atom. The SMILES string of the molecule is C[I-]1(C)CCCOC1. The van der Waals surface area contributed by atoms with Gasteiger partial charge in [0.2, 0.25) is 0 Å². The summed E-state index contributed by atoms with van der Waals surface area (Å²) in [6.45, 7) is 1.02.